The van der Waals surface area contributed by atoms with Crippen LogP contribution in [0.2, 0.25) is 0 Å². The van der Waals surface area contributed by atoms with E-state index in [1.807, 2.05) is 33.3 Å². The quantitative estimate of drug-likeness (QED) is 0.176. The molecule has 6 aliphatic carbocycles. The molecule has 2 spiro atoms. The predicted octanol–water partition coefficient (Wildman–Crippen LogP) is 7.22. The van der Waals surface area contributed by atoms with Crippen molar-refractivity contribution in [1.29, 1.82) is 0 Å². The summed E-state index contributed by atoms with van der Waals surface area (Å²) >= 11 is 0. The van der Waals surface area contributed by atoms with E-state index in [4.69, 9.17) is 0 Å². The van der Waals surface area contributed by atoms with Crippen LogP contribution >= 0.6 is 0 Å². The fourth-order valence-corrected chi connectivity index (χ4v) is 11.2. The molecule has 4 aromatic heterocycles. The lowest BCUT2D eigenvalue weighted by atomic mass is 9.69. The number of nitrogens with one attached hydrogen (secondary N) is 2. The molecule has 340 valence electrons. The molecule has 6 saturated carbocycles. The lowest BCUT2D eigenvalue weighted by molar-refractivity contribution is -0.135. The SMILES string of the molecule is O=C(Nc1nc2cccc(C3CCC4(CC3)CCN(C(=O)[C@@H]3CC3(F)F)C4)n2n1)C1CC1.O=C(Nc1nc2cccc(C3CCC4(CC3)CCN(C(=O)[C@@H]3CC3(F)F)C4)n2n1)C1CC1. The van der Waals surface area contributed by atoms with Crippen molar-refractivity contribution in [3.05, 3.63) is 47.8 Å². The Bertz CT molecular complexity index is 2350. The molecule has 6 heterocycles. The molecule has 12 rings (SSSR count). The number of carbonyl (C=O) groups is 4. The molecular weight excluding hydrogens is 833 g/mol. The highest BCUT2D eigenvalue weighted by Gasteiger charge is 2.64. The standard InChI is InChI=1S/2C23H27F2N5O2/c2*24-23(25)12-16(23)20(32)29-11-10-22(13-29)8-6-14(7-9-22)17-2-1-3-18-26-21(28-30(17)18)27-19(31)15-4-5-15/h2*1-3,14-16H,4-13H2,(H,27,28,31)/t2*14?,16-,22?/m00/s1. The van der Waals surface area contributed by atoms with Crippen molar-refractivity contribution in [3.8, 4) is 0 Å². The van der Waals surface area contributed by atoms with E-state index >= 15 is 0 Å². The maximum atomic E-state index is 13.3. The first kappa shape index (κ1) is 41.5. The predicted molar refractivity (Wildman–Crippen MR) is 224 cm³/mol. The minimum Gasteiger partial charge on any atom is -0.342 e. The van der Waals surface area contributed by atoms with Crippen molar-refractivity contribution in [2.75, 3.05) is 36.8 Å². The number of anilines is 2. The van der Waals surface area contributed by atoms with Gasteiger partial charge in [-0.05, 0) is 125 Å². The van der Waals surface area contributed by atoms with Crippen molar-refractivity contribution in [2.24, 2.45) is 34.5 Å². The lowest BCUT2D eigenvalue weighted by Gasteiger charge is -2.37. The molecular formula is C46H54F4N10O4. The maximum absolute atomic E-state index is 13.3. The number of hydrogen-bond donors (Lipinski definition) is 2. The van der Waals surface area contributed by atoms with Crippen molar-refractivity contribution in [3.63, 3.8) is 0 Å². The van der Waals surface area contributed by atoms with Gasteiger partial charge in [-0.3, -0.25) is 29.8 Å². The third kappa shape index (κ3) is 8.00. The van der Waals surface area contributed by atoms with Gasteiger partial charge in [0.1, 0.15) is 11.8 Å². The number of alkyl halides is 4. The molecule has 0 radical (unpaired) electrons. The first-order valence-electron chi connectivity index (χ1n) is 23.3. The largest absolute Gasteiger partial charge is 0.342 e. The second-order valence-electron chi connectivity index (χ2n) is 20.4. The summed E-state index contributed by atoms with van der Waals surface area (Å²) in [6.45, 7) is 2.41. The van der Waals surface area contributed by atoms with Crippen LogP contribution in [-0.2, 0) is 19.2 Å². The fraction of sp³-hybridized carbons (Fsp3) is 0.652. The number of pyridine rings is 2. The maximum Gasteiger partial charge on any atom is 0.260 e. The summed E-state index contributed by atoms with van der Waals surface area (Å²) < 4.78 is 57.0. The van der Waals surface area contributed by atoms with Gasteiger partial charge in [-0.2, -0.15) is 9.97 Å². The Morgan fingerprint density at radius 3 is 1.27 bits per heavy atom. The van der Waals surface area contributed by atoms with E-state index in [-0.39, 0.29) is 59.1 Å². The Kier molecular flexibility index (Phi) is 9.87. The molecule has 2 aliphatic heterocycles. The van der Waals surface area contributed by atoms with Gasteiger partial charge < -0.3 is 9.80 Å². The minimum atomic E-state index is -2.79. The molecule has 8 fully saturated rings. The van der Waals surface area contributed by atoms with Crippen molar-refractivity contribution >= 4 is 46.8 Å². The molecule has 64 heavy (non-hydrogen) atoms. The van der Waals surface area contributed by atoms with E-state index in [9.17, 15) is 36.7 Å². The van der Waals surface area contributed by atoms with Crippen LogP contribution in [0.3, 0.4) is 0 Å². The molecule has 14 nitrogen and oxygen atoms in total. The molecule has 2 atom stereocenters. The Balaban J connectivity index is 0.000000143. The Morgan fingerprint density at radius 2 is 0.922 bits per heavy atom. The number of nitrogens with zero attached hydrogens (tertiary/aromatic N) is 8. The molecule has 18 heteroatoms. The van der Waals surface area contributed by atoms with Crippen molar-refractivity contribution < 1.29 is 36.7 Å². The van der Waals surface area contributed by atoms with Gasteiger partial charge in [0.25, 0.3) is 11.8 Å². The van der Waals surface area contributed by atoms with Crippen LogP contribution in [0, 0.1) is 34.5 Å². The van der Waals surface area contributed by atoms with Crippen molar-refractivity contribution in [2.45, 2.75) is 126 Å². The average molecular weight is 887 g/mol. The zero-order chi connectivity index (χ0) is 44.2. The van der Waals surface area contributed by atoms with E-state index < -0.39 is 23.7 Å². The molecule has 4 aromatic rings. The number of amides is 4. The average Bonchev–Trinajstić information content (AvgIpc) is 4.25. The van der Waals surface area contributed by atoms with Crippen LogP contribution in [0.1, 0.15) is 126 Å². The Hall–Kier alpha value is -5.16. The highest BCUT2D eigenvalue weighted by Crippen LogP contribution is 2.54. The number of rotatable bonds is 8. The van der Waals surface area contributed by atoms with Gasteiger partial charge >= 0.3 is 0 Å². The number of likely N-dealkylation sites (tertiary alicyclic amines) is 2. The van der Waals surface area contributed by atoms with E-state index in [0.717, 1.165) is 113 Å². The summed E-state index contributed by atoms with van der Waals surface area (Å²) in [6, 6.07) is 11.9. The number of carbonyl (C=O) groups excluding carboxylic acids is 4. The summed E-state index contributed by atoms with van der Waals surface area (Å²) in [5.74, 6) is -6.98. The van der Waals surface area contributed by atoms with Crippen LogP contribution in [0.15, 0.2) is 36.4 Å². The highest BCUT2D eigenvalue weighted by molar-refractivity contribution is 5.93. The smallest absolute Gasteiger partial charge is 0.260 e. The zero-order valence-corrected chi connectivity index (χ0v) is 35.8. The van der Waals surface area contributed by atoms with Gasteiger partial charge in [0, 0.05) is 74.1 Å². The molecule has 0 bridgehead atoms. The van der Waals surface area contributed by atoms with Gasteiger partial charge in [-0.15, -0.1) is 10.2 Å². The second kappa shape index (κ2) is 15.2. The molecule has 0 unspecified atom stereocenters. The highest BCUT2D eigenvalue weighted by atomic mass is 19.3. The number of halogens is 4. The van der Waals surface area contributed by atoms with Gasteiger partial charge in [0.2, 0.25) is 35.5 Å². The first-order valence-corrected chi connectivity index (χ1v) is 23.3. The molecule has 2 N–H and O–H groups in total. The van der Waals surface area contributed by atoms with Crippen molar-refractivity contribution in [1.82, 2.24) is 39.0 Å². The summed E-state index contributed by atoms with van der Waals surface area (Å²) in [4.78, 5) is 61.2. The molecule has 8 aliphatic rings. The molecule has 4 amide bonds. The van der Waals surface area contributed by atoms with Crippen LogP contribution in [0.5, 0.6) is 0 Å². The van der Waals surface area contributed by atoms with Crippen LogP contribution in [0.4, 0.5) is 29.5 Å². The monoisotopic (exact) mass is 886 g/mol. The van der Waals surface area contributed by atoms with E-state index in [2.05, 4.69) is 42.9 Å². The summed E-state index contributed by atoms with van der Waals surface area (Å²) in [6.07, 6.45) is 12.7. The number of hydrogen-bond acceptors (Lipinski definition) is 8. The van der Waals surface area contributed by atoms with Gasteiger partial charge in [-0.1, -0.05) is 12.1 Å². The van der Waals surface area contributed by atoms with E-state index in [1.165, 1.54) is 0 Å². The molecule has 0 aromatic carbocycles. The number of fused-ring (bicyclic) bond motifs is 2. The summed E-state index contributed by atoms with van der Waals surface area (Å²) in [7, 11) is 0. The minimum absolute atomic E-state index is 0.00800. The van der Waals surface area contributed by atoms with E-state index in [0.29, 0.717) is 49.9 Å². The topological polar surface area (TPSA) is 159 Å². The van der Waals surface area contributed by atoms with Crippen LogP contribution in [0.25, 0.3) is 11.3 Å². The lowest BCUT2D eigenvalue weighted by Crippen LogP contribution is -2.36. The van der Waals surface area contributed by atoms with Crippen LogP contribution in [-0.4, -0.2) is 101 Å². The number of aromatic nitrogens is 6. The Morgan fingerprint density at radius 1 is 0.547 bits per heavy atom. The van der Waals surface area contributed by atoms with Gasteiger partial charge in [-0.25, -0.2) is 26.6 Å². The van der Waals surface area contributed by atoms with E-state index in [1.54, 1.807) is 9.80 Å². The third-order valence-corrected chi connectivity index (χ3v) is 15.8. The molecule has 2 saturated heterocycles. The summed E-state index contributed by atoms with van der Waals surface area (Å²) in [5.41, 5.74) is 3.71. The Labute approximate surface area is 367 Å². The van der Waals surface area contributed by atoms with Crippen LogP contribution < -0.4 is 10.6 Å². The third-order valence-electron chi connectivity index (χ3n) is 15.8. The zero-order valence-electron chi connectivity index (χ0n) is 35.8. The fourth-order valence-electron chi connectivity index (χ4n) is 11.2. The summed E-state index contributed by atoms with van der Waals surface area (Å²) in [5, 5.41) is 14.8. The first-order chi connectivity index (χ1) is 30.7. The van der Waals surface area contributed by atoms with Gasteiger partial charge in [0.15, 0.2) is 11.3 Å². The normalized spacial score (nSPS) is 31.2. The van der Waals surface area contributed by atoms with Gasteiger partial charge in [0.05, 0.1) is 0 Å². The second-order valence-corrected chi connectivity index (χ2v) is 20.4.